The lowest BCUT2D eigenvalue weighted by Crippen LogP contribution is -2.56. The van der Waals surface area contributed by atoms with Crippen LogP contribution >= 0.6 is 0 Å². The third kappa shape index (κ3) is 2.74. The van der Waals surface area contributed by atoms with Crippen molar-refractivity contribution in [3.63, 3.8) is 0 Å². The predicted molar refractivity (Wildman–Crippen MR) is 62.1 cm³/mol. The smallest absolute Gasteiger partial charge is 0.222 e. The van der Waals surface area contributed by atoms with Gasteiger partial charge in [0.1, 0.15) is 0 Å². The van der Waals surface area contributed by atoms with E-state index in [9.17, 15) is 4.79 Å². The highest BCUT2D eigenvalue weighted by Crippen LogP contribution is 2.21. The first-order chi connectivity index (χ1) is 7.81. The molecule has 16 heavy (non-hydrogen) atoms. The summed E-state index contributed by atoms with van der Waals surface area (Å²) in [6, 6.07) is 0.598. The van der Waals surface area contributed by atoms with Crippen LogP contribution in [0.25, 0.3) is 0 Å². The van der Waals surface area contributed by atoms with Gasteiger partial charge in [0.2, 0.25) is 5.91 Å². The molecule has 2 saturated heterocycles. The van der Waals surface area contributed by atoms with Crippen LogP contribution in [0.4, 0.5) is 0 Å². The van der Waals surface area contributed by atoms with Crippen LogP contribution in [0.1, 0.15) is 32.1 Å². The molecular weight excluding hydrogens is 204 g/mol. The molecule has 0 aromatic heterocycles. The van der Waals surface area contributed by atoms with Crippen molar-refractivity contribution in [3.8, 4) is 0 Å². The lowest BCUT2D eigenvalue weighted by Gasteiger charge is -2.44. The fraction of sp³-hybridized carbons (Fsp3) is 0.917. The summed E-state index contributed by atoms with van der Waals surface area (Å²) in [4.78, 5) is 16.3. The summed E-state index contributed by atoms with van der Waals surface area (Å²) in [5, 5.41) is 8.72. The predicted octanol–water partition coefficient (Wildman–Crippen LogP) is 0.456. The van der Waals surface area contributed by atoms with E-state index in [1.165, 1.54) is 25.8 Å². The number of amides is 1. The van der Waals surface area contributed by atoms with E-state index in [-0.39, 0.29) is 12.5 Å². The molecule has 0 aromatic rings. The summed E-state index contributed by atoms with van der Waals surface area (Å²) in [6.45, 7) is 4.15. The molecule has 0 aliphatic carbocycles. The van der Waals surface area contributed by atoms with E-state index in [1.54, 1.807) is 0 Å². The maximum absolute atomic E-state index is 11.8. The first-order valence-corrected chi connectivity index (χ1v) is 6.44. The monoisotopic (exact) mass is 226 g/mol. The zero-order valence-electron chi connectivity index (χ0n) is 9.90. The van der Waals surface area contributed by atoms with Gasteiger partial charge in [-0.1, -0.05) is 6.42 Å². The van der Waals surface area contributed by atoms with E-state index in [0.29, 0.717) is 18.9 Å². The van der Waals surface area contributed by atoms with Gasteiger partial charge >= 0.3 is 0 Å². The highest BCUT2D eigenvalue weighted by Gasteiger charge is 2.30. The SMILES string of the molecule is O=C(CCCO)N1CCN2CCCCC2C1. The third-order valence-corrected chi connectivity index (χ3v) is 3.74. The number of piperidine rings is 1. The van der Waals surface area contributed by atoms with Crippen LogP contribution in [-0.4, -0.2) is 59.6 Å². The number of hydrogen-bond acceptors (Lipinski definition) is 3. The fourth-order valence-electron chi connectivity index (χ4n) is 2.77. The van der Waals surface area contributed by atoms with Gasteiger partial charge < -0.3 is 10.0 Å². The molecular formula is C12H22N2O2. The molecule has 0 spiro atoms. The maximum Gasteiger partial charge on any atom is 0.222 e. The quantitative estimate of drug-likeness (QED) is 0.760. The van der Waals surface area contributed by atoms with Crippen LogP contribution in [0.2, 0.25) is 0 Å². The molecule has 2 rings (SSSR count). The minimum absolute atomic E-state index is 0.120. The van der Waals surface area contributed by atoms with E-state index in [1.807, 2.05) is 4.90 Å². The lowest BCUT2D eigenvalue weighted by molar-refractivity contribution is -0.135. The summed E-state index contributed by atoms with van der Waals surface area (Å²) in [7, 11) is 0. The van der Waals surface area contributed by atoms with E-state index in [0.717, 1.165) is 19.6 Å². The van der Waals surface area contributed by atoms with Crippen LogP contribution in [0.5, 0.6) is 0 Å². The average molecular weight is 226 g/mol. The van der Waals surface area contributed by atoms with Gasteiger partial charge in [0.05, 0.1) is 0 Å². The van der Waals surface area contributed by atoms with E-state index < -0.39 is 0 Å². The van der Waals surface area contributed by atoms with Gasteiger partial charge in [0.25, 0.3) is 0 Å². The minimum Gasteiger partial charge on any atom is -0.396 e. The molecule has 4 heteroatoms. The number of carbonyl (C=O) groups excluding carboxylic acids is 1. The lowest BCUT2D eigenvalue weighted by atomic mass is 9.99. The molecule has 0 aromatic carbocycles. The minimum atomic E-state index is 0.120. The van der Waals surface area contributed by atoms with E-state index >= 15 is 0 Å². The topological polar surface area (TPSA) is 43.8 Å². The number of rotatable bonds is 3. The van der Waals surface area contributed by atoms with Crippen molar-refractivity contribution in [3.05, 3.63) is 0 Å². The summed E-state index contributed by atoms with van der Waals surface area (Å²) in [5.74, 6) is 0.222. The normalized spacial score (nSPS) is 26.6. The van der Waals surface area contributed by atoms with Crippen LogP contribution in [0.3, 0.4) is 0 Å². The zero-order chi connectivity index (χ0) is 11.4. The molecule has 1 unspecified atom stereocenters. The number of nitrogens with zero attached hydrogens (tertiary/aromatic N) is 2. The van der Waals surface area contributed by atoms with Crippen LogP contribution < -0.4 is 0 Å². The Hall–Kier alpha value is -0.610. The van der Waals surface area contributed by atoms with E-state index in [4.69, 9.17) is 5.11 Å². The summed E-state index contributed by atoms with van der Waals surface area (Å²) in [6.07, 6.45) is 4.96. The van der Waals surface area contributed by atoms with Crippen LogP contribution in [0, 0.1) is 0 Å². The molecule has 2 fully saturated rings. The number of fused-ring (bicyclic) bond motifs is 1. The molecule has 0 radical (unpaired) electrons. The highest BCUT2D eigenvalue weighted by atomic mass is 16.3. The van der Waals surface area contributed by atoms with Crippen molar-refractivity contribution in [2.75, 3.05) is 32.8 Å². The maximum atomic E-state index is 11.8. The van der Waals surface area contributed by atoms with Gasteiger partial charge in [-0.2, -0.15) is 0 Å². The van der Waals surface area contributed by atoms with Crippen molar-refractivity contribution < 1.29 is 9.90 Å². The fourth-order valence-corrected chi connectivity index (χ4v) is 2.77. The molecule has 2 heterocycles. The van der Waals surface area contributed by atoms with Crippen molar-refractivity contribution in [1.29, 1.82) is 0 Å². The molecule has 2 aliphatic heterocycles. The second kappa shape index (κ2) is 5.64. The van der Waals surface area contributed by atoms with Gasteiger partial charge in [-0.25, -0.2) is 0 Å². The van der Waals surface area contributed by atoms with Crippen molar-refractivity contribution in [2.24, 2.45) is 0 Å². The number of hydrogen-bond donors (Lipinski definition) is 1. The second-order valence-electron chi connectivity index (χ2n) is 4.85. The van der Waals surface area contributed by atoms with E-state index in [2.05, 4.69) is 4.90 Å². The van der Waals surface area contributed by atoms with Crippen LogP contribution in [0.15, 0.2) is 0 Å². The second-order valence-corrected chi connectivity index (χ2v) is 4.85. The molecule has 0 saturated carbocycles. The average Bonchev–Trinajstić information content (AvgIpc) is 2.35. The Labute approximate surface area is 97.2 Å². The Morgan fingerprint density at radius 2 is 2.12 bits per heavy atom. The number of piperazine rings is 1. The van der Waals surface area contributed by atoms with Gasteiger partial charge in [-0.15, -0.1) is 0 Å². The number of aliphatic hydroxyl groups excluding tert-OH is 1. The Morgan fingerprint density at radius 1 is 1.25 bits per heavy atom. The van der Waals surface area contributed by atoms with Gasteiger partial charge in [-0.05, 0) is 25.8 Å². The Bertz CT molecular complexity index is 245. The third-order valence-electron chi connectivity index (χ3n) is 3.74. The molecule has 92 valence electrons. The summed E-state index contributed by atoms with van der Waals surface area (Å²) >= 11 is 0. The Balaban J connectivity index is 1.82. The number of aliphatic hydroxyl groups is 1. The molecule has 1 N–H and O–H groups in total. The van der Waals surface area contributed by atoms with Crippen molar-refractivity contribution in [2.45, 2.75) is 38.1 Å². The Morgan fingerprint density at radius 3 is 2.94 bits per heavy atom. The molecule has 4 nitrogen and oxygen atoms in total. The first-order valence-electron chi connectivity index (χ1n) is 6.44. The molecule has 1 atom stereocenters. The molecule has 2 aliphatic rings. The summed E-state index contributed by atoms with van der Waals surface area (Å²) in [5.41, 5.74) is 0. The van der Waals surface area contributed by atoms with Gasteiger partial charge in [-0.3, -0.25) is 9.69 Å². The molecule has 1 amide bonds. The van der Waals surface area contributed by atoms with Crippen LogP contribution in [-0.2, 0) is 4.79 Å². The Kier molecular flexibility index (Phi) is 4.18. The van der Waals surface area contributed by atoms with Crippen molar-refractivity contribution in [1.82, 2.24) is 9.80 Å². The first kappa shape index (κ1) is 11.9. The summed E-state index contributed by atoms with van der Waals surface area (Å²) < 4.78 is 0. The number of carbonyl (C=O) groups is 1. The zero-order valence-corrected chi connectivity index (χ0v) is 9.90. The van der Waals surface area contributed by atoms with Gasteiger partial charge in [0, 0.05) is 38.7 Å². The standard InChI is InChI=1S/C12H22N2O2/c15-9-3-5-12(16)14-8-7-13-6-2-1-4-11(13)10-14/h11,15H,1-10H2. The largest absolute Gasteiger partial charge is 0.396 e. The van der Waals surface area contributed by atoms with Gasteiger partial charge in [0.15, 0.2) is 0 Å². The highest BCUT2D eigenvalue weighted by molar-refractivity contribution is 5.76. The molecule has 0 bridgehead atoms. The van der Waals surface area contributed by atoms with Crippen molar-refractivity contribution >= 4 is 5.91 Å².